The van der Waals surface area contributed by atoms with Crippen LogP contribution in [0.3, 0.4) is 0 Å². The van der Waals surface area contributed by atoms with Gasteiger partial charge in [-0.2, -0.15) is 0 Å². The van der Waals surface area contributed by atoms with E-state index in [0.717, 1.165) is 4.57 Å². The molecule has 0 aliphatic heterocycles. The van der Waals surface area contributed by atoms with Gasteiger partial charge in [-0.15, -0.1) is 0 Å². The molecule has 0 aliphatic rings. The van der Waals surface area contributed by atoms with Crippen LogP contribution >= 0.6 is 0 Å². The minimum absolute atomic E-state index is 0.168. The first kappa shape index (κ1) is 19.3. The number of hydrogen-bond acceptors (Lipinski definition) is 7. The van der Waals surface area contributed by atoms with Crippen LogP contribution in [0.15, 0.2) is 46.0 Å². The van der Waals surface area contributed by atoms with Gasteiger partial charge in [0, 0.05) is 11.5 Å². The summed E-state index contributed by atoms with van der Waals surface area (Å²) in [6.07, 6.45) is 1.27. The van der Waals surface area contributed by atoms with E-state index in [2.05, 4.69) is 15.5 Å². The third kappa shape index (κ3) is 4.43. The van der Waals surface area contributed by atoms with Gasteiger partial charge in [0.25, 0.3) is 11.5 Å². The van der Waals surface area contributed by atoms with Crippen LogP contribution in [0.5, 0.6) is 0 Å². The lowest BCUT2D eigenvalue weighted by Gasteiger charge is -2.12. The molecule has 1 aromatic carbocycles. The van der Waals surface area contributed by atoms with Crippen molar-refractivity contribution in [1.82, 2.24) is 14.7 Å². The smallest absolute Gasteiger partial charge is 0.326 e. The number of nitrogens with one attached hydrogen (secondary N) is 1. The van der Waals surface area contributed by atoms with Gasteiger partial charge in [-0.05, 0) is 12.1 Å². The van der Waals surface area contributed by atoms with E-state index >= 15 is 0 Å². The van der Waals surface area contributed by atoms with E-state index in [1.165, 1.54) is 6.33 Å². The van der Waals surface area contributed by atoms with E-state index in [-0.39, 0.29) is 23.4 Å². The Balaban J connectivity index is 1.56. The van der Waals surface area contributed by atoms with Crippen molar-refractivity contribution in [2.75, 3.05) is 11.9 Å². The van der Waals surface area contributed by atoms with Crippen LogP contribution in [-0.4, -0.2) is 33.2 Å². The Kier molecular flexibility index (Phi) is 5.25. The first-order valence-electron chi connectivity index (χ1n) is 8.61. The molecule has 2 heterocycles. The Hall–Kier alpha value is -3.49. The van der Waals surface area contributed by atoms with Crippen molar-refractivity contribution in [2.45, 2.75) is 32.7 Å². The van der Waals surface area contributed by atoms with Gasteiger partial charge < -0.3 is 9.26 Å². The summed E-state index contributed by atoms with van der Waals surface area (Å²) in [7, 11) is 0. The summed E-state index contributed by atoms with van der Waals surface area (Å²) in [5.74, 6) is -1.14. The number of carbonyl (C=O) groups excluding carboxylic acids is 2. The van der Waals surface area contributed by atoms with Crippen LogP contribution in [0.4, 0.5) is 5.88 Å². The zero-order valence-electron chi connectivity index (χ0n) is 15.8. The number of amides is 1. The van der Waals surface area contributed by atoms with Gasteiger partial charge in [-0.1, -0.05) is 38.1 Å². The lowest BCUT2D eigenvalue weighted by molar-refractivity contribution is -0.148. The van der Waals surface area contributed by atoms with E-state index < -0.39 is 18.5 Å². The standard InChI is InChI=1S/C19H20N4O5/c1-19(2,3)14-8-16(28-22-14)21-15(24)10-27-17(25)9-23-11-20-13-7-5-4-6-12(13)18(23)26/h4-8,11H,9-10H2,1-3H3,(H,21,24). The van der Waals surface area contributed by atoms with Crippen LogP contribution < -0.4 is 10.9 Å². The quantitative estimate of drug-likeness (QED) is 0.667. The largest absolute Gasteiger partial charge is 0.454 e. The average Bonchev–Trinajstić information content (AvgIpc) is 3.11. The second kappa shape index (κ2) is 7.63. The molecule has 28 heavy (non-hydrogen) atoms. The van der Waals surface area contributed by atoms with Crippen LogP contribution in [0.25, 0.3) is 10.9 Å². The molecule has 1 N–H and O–H groups in total. The molecule has 146 valence electrons. The number of fused-ring (bicyclic) bond motifs is 1. The third-order valence-electron chi connectivity index (χ3n) is 3.94. The second-order valence-electron chi connectivity index (χ2n) is 7.23. The Morgan fingerprint density at radius 2 is 2.00 bits per heavy atom. The number of anilines is 1. The Morgan fingerprint density at radius 1 is 1.25 bits per heavy atom. The van der Waals surface area contributed by atoms with Crippen molar-refractivity contribution < 1.29 is 18.8 Å². The summed E-state index contributed by atoms with van der Waals surface area (Å²) in [6, 6.07) is 8.43. The highest BCUT2D eigenvalue weighted by molar-refractivity contribution is 5.91. The first-order chi connectivity index (χ1) is 13.2. The van der Waals surface area contributed by atoms with Crippen LogP contribution in [-0.2, 0) is 26.3 Å². The van der Waals surface area contributed by atoms with Crippen LogP contribution in [0.1, 0.15) is 26.5 Å². The van der Waals surface area contributed by atoms with Gasteiger partial charge in [0.2, 0.25) is 5.88 Å². The predicted octanol–water partition coefficient (Wildman–Crippen LogP) is 1.86. The van der Waals surface area contributed by atoms with Gasteiger partial charge in [0.1, 0.15) is 6.54 Å². The second-order valence-corrected chi connectivity index (χ2v) is 7.23. The Labute approximate surface area is 160 Å². The number of esters is 1. The molecule has 0 bridgehead atoms. The molecule has 9 heteroatoms. The predicted molar refractivity (Wildman–Crippen MR) is 101 cm³/mol. The molecule has 1 amide bonds. The number of nitrogens with zero attached hydrogens (tertiary/aromatic N) is 3. The maximum absolute atomic E-state index is 12.3. The number of aromatic nitrogens is 3. The number of hydrogen-bond donors (Lipinski definition) is 1. The summed E-state index contributed by atoms with van der Waals surface area (Å²) in [5, 5.41) is 6.75. The molecule has 0 fully saturated rings. The first-order valence-corrected chi connectivity index (χ1v) is 8.61. The summed E-state index contributed by atoms with van der Waals surface area (Å²) in [4.78, 5) is 40.3. The van der Waals surface area contributed by atoms with E-state index in [1.54, 1.807) is 30.3 Å². The summed E-state index contributed by atoms with van der Waals surface area (Å²) in [6.45, 7) is 5.02. The lowest BCUT2D eigenvalue weighted by atomic mass is 9.92. The van der Waals surface area contributed by atoms with Gasteiger partial charge in [-0.3, -0.25) is 24.3 Å². The summed E-state index contributed by atoms with van der Waals surface area (Å²) >= 11 is 0. The molecule has 9 nitrogen and oxygen atoms in total. The lowest BCUT2D eigenvalue weighted by Crippen LogP contribution is -2.28. The maximum Gasteiger partial charge on any atom is 0.326 e. The molecule has 0 radical (unpaired) electrons. The van der Waals surface area contributed by atoms with Crippen LogP contribution in [0, 0.1) is 0 Å². The molecule has 2 aromatic heterocycles. The van der Waals surface area contributed by atoms with Crippen molar-refractivity contribution in [2.24, 2.45) is 0 Å². The van der Waals surface area contributed by atoms with E-state index in [1.807, 2.05) is 20.8 Å². The zero-order chi connectivity index (χ0) is 20.3. The van der Waals surface area contributed by atoms with E-state index in [0.29, 0.717) is 16.6 Å². The number of ether oxygens (including phenoxy) is 1. The fourth-order valence-electron chi connectivity index (χ4n) is 2.41. The molecule has 0 unspecified atom stereocenters. The monoisotopic (exact) mass is 384 g/mol. The fourth-order valence-corrected chi connectivity index (χ4v) is 2.41. The van der Waals surface area contributed by atoms with Crippen LogP contribution in [0.2, 0.25) is 0 Å². The van der Waals surface area contributed by atoms with Gasteiger partial charge in [0.15, 0.2) is 6.61 Å². The highest BCUT2D eigenvalue weighted by Gasteiger charge is 2.20. The minimum atomic E-state index is -0.734. The molecule has 0 aliphatic carbocycles. The SMILES string of the molecule is CC(C)(C)c1cc(NC(=O)COC(=O)Cn2cnc3ccccc3c2=O)on1. The molecule has 0 saturated carbocycles. The van der Waals surface area contributed by atoms with Gasteiger partial charge >= 0.3 is 5.97 Å². The zero-order valence-corrected chi connectivity index (χ0v) is 15.8. The Morgan fingerprint density at radius 3 is 2.71 bits per heavy atom. The average molecular weight is 384 g/mol. The van der Waals surface area contributed by atoms with Crippen molar-refractivity contribution in [3.8, 4) is 0 Å². The molecular formula is C19H20N4O5. The van der Waals surface area contributed by atoms with Gasteiger partial charge in [0.05, 0.1) is 22.9 Å². The summed E-state index contributed by atoms with van der Waals surface area (Å²) < 4.78 is 11.1. The van der Waals surface area contributed by atoms with Crippen molar-refractivity contribution >= 4 is 28.7 Å². The third-order valence-corrected chi connectivity index (χ3v) is 3.94. The molecular weight excluding hydrogens is 364 g/mol. The number of carbonyl (C=O) groups is 2. The number of para-hydroxylation sites is 1. The highest BCUT2D eigenvalue weighted by atomic mass is 16.5. The molecule has 0 atom stereocenters. The number of benzene rings is 1. The summed E-state index contributed by atoms with van der Waals surface area (Å²) in [5.41, 5.74) is 0.643. The maximum atomic E-state index is 12.3. The number of rotatable bonds is 5. The van der Waals surface area contributed by atoms with Gasteiger partial charge in [-0.25, -0.2) is 4.98 Å². The molecule has 0 saturated heterocycles. The fraction of sp³-hybridized carbons (Fsp3) is 0.316. The van der Waals surface area contributed by atoms with Crippen molar-refractivity contribution in [3.63, 3.8) is 0 Å². The highest BCUT2D eigenvalue weighted by Crippen LogP contribution is 2.23. The van der Waals surface area contributed by atoms with E-state index in [4.69, 9.17) is 9.26 Å². The van der Waals surface area contributed by atoms with E-state index in [9.17, 15) is 14.4 Å². The molecule has 3 aromatic rings. The molecule has 3 rings (SSSR count). The Bertz CT molecular complexity index is 1080. The van der Waals surface area contributed by atoms with Crippen molar-refractivity contribution in [3.05, 3.63) is 52.7 Å². The van der Waals surface area contributed by atoms with Crippen molar-refractivity contribution in [1.29, 1.82) is 0 Å². The topological polar surface area (TPSA) is 116 Å². The normalized spacial score (nSPS) is 11.4. The minimum Gasteiger partial charge on any atom is -0.454 e. The molecule has 0 spiro atoms.